The van der Waals surface area contributed by atoms with Gasteiger partial charge in [-0.2, -0.15) is 0 Å². The zero-order valence-corrected chi connectivity index (χ0v) is 21.2. The molecule has 1 aliphatic heterocycles. The number of nitrogens with one attached hydrogen (secondary N) is 2. The second-order valence-electron chi connectivity index (χ2n) is 8.33. The molecule has 0 unspecified atom stereocenters. The van der Waals surface area contributed by atoms with E-state index in [1.165, 1.54) is 6.08 Å². The monoisotopic (exact) mass is 519 g/mol. The number of amides is 4. The van der Waals surface area contributed by atoms with Gasteiger partial charge in [0.25, 0.3) is 11.8 Å². The van der Waals surface area contributed by atoms with E-state index in [0.717, 1.165) is 16.0 Å². The van der Waals surface area contributed by atoms with Crippen molar-refractivity contribution >= 4 is 41.2 Å². The zero-order valence-electron chi connectivity index (χ0n) is 20.4. The van der Waals surface area contributed by atoms with Gasteiger partial charge in [0.05, 0.1) is 18.2 Å². The number of aryl methyl sites for hydroxylation is 1. The molecule has 8 nitrogen and oxygen atoms in total. The summed E-state index contributed by atoms with van der Waals surface area (Å²) in [6.45, 7) is 3.96. The summed E-state index contributed by atoms with van der Waals surface area (Å²) in [5.41, 5.74) is 3.21. The lowest BCUT2D eigenvalue weighted by Gasteiger charge is -2.15. The van der Waals surface area contributed by atoms with Gasteiger partial charge in [0.1, 0.15) is 5.70 Å². The highest BCUT2D eigenvalue weighted by Gasteiger charge is 2.33. The third kappa shape index (κ3) is 6.48. The Hall–Kier alpha value is -4.30. The van der Waals surface area contributed by atoms with Crippen molar-refractivity contribution < 1.29 is 23.9 Å². The first-order valence-electron chi connectivity index (χ1n) is 11.7. The van der Waals surface area contributed by atoms with Crippen LogP contribution in [0.4, 0.5) is 10.5 Å². The van der Waals surface area contributed by atoms with Crippen LogP contribution in [0, 0.1) is 6.92 Å². The highest BCUT2D eigenvalue weighted by atomic mass is 35.5. The van der Waals surface area contributed by atoms with Crippen molar-refractivity contribution in [3.8, 4) is 11.5 Å². The quantitative estimate of drug-likeness (QED) is 0.301. The van der Waals surface area contributed by atoms with Crippen molar-refractivity contribution in [3.63, 3.8) is 0 Å². The Morgan fingerprint density at radius 3 is 2.49 bits per heavy atom. The molecule has 2 N–H and O–H groups in total. The van der Waals surface area contributed by atoms with Crippen molar-refractivity contribution in [2.75, 3.05) is 18.5 Å². The van der Waals surface area contributed by atoms with E-state index in [1.807, 2.05) is 49.4 Å². The number of benzene rings is 3. The molecule has 0 aromatic heterocycles. The number of urea groups is 1. The van der Waals surface area contributed by atoms with Gasteiger partial charge in [0, 0.05) is 5.69 Å². The van der Waals surface area contributed by atoms with Gasteiger partial charge in [-0.15, -0.1) is 0 Å². The molecule has 0 bridgehead atoms. The molecule has 1 saturated heterocycles. The van der Waals surface area contributed by atoms with Crippen molar-refractivity contribution in [3.05, 3.63) is 94.1 Å². The molecule has 9 heteroatoms. The van der Waals surface area contributed by atoms with E-state index >= 15 is 0 Å². The Kier molecular flexibility index (Phi) is 8.10. The summed E-state index contributed by atoms with van der Waals surface area (Å²) in [5, 5.41) is 5.56. The second-order valence-corrected chi connectivity index (χ2v) is 8.74. The Bertz CT molecular complexity index is 1340. The minimum Gasteiger partial charge on any atom is -0.490 e. The number of carbonyl (C=O) groups is 3. The number of hydrogen-bond donors (Lipinski definition) is 2. The van der Waals surface area contributed by atoms with Gasteiger partial charge in [-0.1, -0.05) is 59.6 Å². The average Bonchev–Trinajstić information content (AvgIpc) is 3.13. The summed E-state index contributed by atoms with van der Waals surface area (Å²) in [6, 6.07) is 19.3. The van der Waals surface area contributed by atoms with Crippen LogP contribution in [0.1, 0.15) is 23.6 Å². The van der Waals surface area contributed by atoms with Gasteiger partial charge >= 0.3 is 6.03 Å². The fraction of sp³-hybridized carbons (Fsp3) is 0.179. The summed E-state index contributed by atoms with van der Waals surface area (Å²) in [4.78, 5) is 38.8. The van der Waals surface area contributed by atoms with Crippen LogP contribution in [-0.2, 0) is 16.1 Å². The number of halogens is 1. The molecule has 3 aromatic carbocycles. The maximum atomic E-state index is 12.9. The minimum atomic E-state index is -0.504. The van der Waals surface area contributed by atoms with Gasteiger partial charge in [0.15, 0.2) is 18.1 Å². The van der Waals surface area contributed by atoms with E-state index in [0.29, 0.717) is 23.6 Å². The topological polar surface area (TPSA) is 97.0 Å². The van der Waals surface area contributed by atoms with Gasteiger partial charge in [0.2, 0.25) is 0 Å². The van der Waals surface area contributed by atoms with Crippen LogP contribution < -0.4 is 20.1 Å². The van der Waals surface area contributed by atoms with Crippen LogP contribution in [0.15, 0.2) is 72.4 Å². The Morgan fingerprint density at radius 1 is 1.05 bits per heavy atom. The lowest BCUT2D eigenvalue weighted by Crippen LogP contribution is -2.30. The summed E-state index contributed by atoms with van der Waals surface area (Å²) in [7, 11) is 0. The number of carbonyl (C=O) groups excluding carboxylic acids is 3. The number of ether oxygens (including phenoxy) is 2. The van der Waals surface area contributed by atoms with Crippen molar-refractivity contribution in [2.24, 2.45) is 0 Å². The standard InChI is InChI=1S/C28H26ClN3O5/c1-3-36-24-15-20(14-23-27(34)32(28(35)31-23)16-19-7-5-4-6-8-19)13-22(29)26(24)37-17-25(33)30-21-11-9-18(2)10-12-21/h4-15H,3,16-17H2,1-2H3,(H,30,33)(H,31,35)/b23-14+. The molecule has 0 saturated carbocycles. The lowest BCUT2D eigenvalue weighted by molar-refractivity contribution is -0.123. The first kappa shape index (κ1) is 25.8. The Balaban J connectivity index is 1.48. The van der Waals surface area contributed by atoms with Crippen LogP contribution in [-0.4, -0.2) is 36.0 Å². The van der Waals surface area contributed by atoms with E-state index in [2.05, 4.69) is 10.6 Å². The first-order chi connectivity index (χ1) is 17.8. The van der Waals surface area contributed by atoms with Gasteiger partial charge in [-0.3, -0.25) is 14.5 Å². The van der Waals surface area contributed by atoms with E-state index in [4.69, 9.17) is 21.1 Å². The molecule has 4 amide bonds. The van der Waals surface area contributed by atoms with E-state index in [9.17, 15) is 14.4 Å². The molecule has 0 radical (unpaired) electrons. The molecule has 0 aliphatic carbocycles. The van der Waals surface area contributed by atoms with Crippen molar-refractivity contribution in [1.29, 1.82) is 0 Å². The molecule has 1 heterocycles. The largest absolute Gasteiger partial charge is 0.490 e. The maximum absolute atomic E-state index is 12.9. The summed E-state index contributed by atoms with van der Waals surface area (Å²) < 4.78 is 11.4. The Labute approximate surface area is 219 Å². The summed E-state index contributed by atoms with van der Waals surface area (Å²) >= 11 is 6.47. The number of anilines is 1. The maximum Gasteiger partial charge on any atom is 0.329 e. The SMILES string of the molecule is CCOc1cc(/C=C2/NC(=O)N(Cc3ccccc3)C2=O)cc(Cl)c1OCC(=O)Nc1ccc(C)cc1. The van der Waals surface area contributed by atoms with E-state index in [-0.39, 0.29) is 35.5 Å². The molecular weight excluding hydrogens is 494 g/mol. The van der Waals surface area contributed by atoms with Crippen LogP contribution in [0.3, 0.4) is 0 Å². The summed E-state index contributed by atoms with van der Waals surface area (Å²) in [6.07, 6.45) is 1.52. The number of rotatable bonds is 9. The van der Waals surface area contributed by atoms with Gasteiger partial charge in [-0.05, 0) is 55.3 Å². The smallest absolute Gasteiger partial charge is 0.329 e. The first-order valence-corrected chi connectivity index (χ1v) is 12.1. The van der Waals surface area contributed by atoms with Gasteiger partial charge < -0.3 is 20.1 Å². The highest BCUT2D eigenvalue weighted by molar-refractivity contribution is 6.32. The number of nitrogens with zero attached hydrogens (tertiary/aromatic N) is 1. The highest BCUT2D eigenvalue weighted by Crippen LogP contribution is 2.37. The molecule has 3 aromatic rings. The van der Waals surface area contributed by atoms with Crippen molar-refractivity contribution in [2.45, 2.75) is 20.4 Å². The van der Waals surface area contributed by atoms with Crippen LogP contribution in [0.5, 0.6) is 11.5 Å². The molecule has 37 heavy (non-hydrogen) atoms. The van der Waals surface area contributed by atoms with Crippen LogP contribution in [0.2, 0.25) is 5.02 Å². The number of hydrogen-bond acceptors (Lipinski definition) is 5. The second kappa shape index (κ2) is 11.6. The predicted molar refractivity (Wildman–Crippen MR) is 141 cm³/mol. The lowest BCUT2D eigenvalue weighted by atomic mass is 10.1. The minimum absolute atomic E-state index is 0.116. The molecule has 0 atom stereocenters. The molecule has 1 fully saturated rings. The van der Waals surface area contributed by atoms with Crippen LogP contribution >= 0.6 is 11.6 Å². The third-order valence-corrected chi connectivity index (χ3v) is 5.75. The zero-order chi connectivity index (χ0) is 26.4. The summed E-state index contributed by atoms with van der Waals surface area (Å²) in [5.74, 6) is -0.289. The fourth-order valence-electron chi connectivity index (χ4n) is 3.69. The van der Waals surface area contributed by atoms with Gasteiger partial charge in [-0.25, -0.2) is 4.79 Å². The van der Waals surface area contributed by atoms with Crippen molar-refractivity contribution in [1.82, 2.24) is 10.2 Å². The Morgan fingerprint density at radius 2 is 1.78 bits per heavy atom. The molecule has 190 valence electrons. The van der Waals surface area contributed by atoms with Crippen LogP contribution in [0.25, 0.3) is 6.08 Å². The molecule has 1 aliphatic rings. The van der Waals surface area contributed by atoms with E-state index in [1.54, 1.807) is 31.2 Å². The number of imide groups is 1. The average molecular weight is 520 g/mol. The van der Waals surface area contributed by atoms with E-state index < -0.39 is 11.9 Å². The third-order valence-electron chi connectivity index (χ3n) is 5.47. The predicted octanol–water partition coefficient (Wildman–Crippen LogP) is 5.16. The fourth-order valence-corrected chi connectivity index (χ4v) is 3.97. The molecular formula is C28H26ClN3O5. The molecule has 0 spiro atoms. The molecule has 4 rings (SSSR count). The normalized spacial score (nSPS) is 14.0.